The third-order valence-electron chi connectivity index (χ3n) is 3.34. The molecule has 0 spiro atoms. The fraction of sp³-hybridized carbons (Fsp3) is 0.833. The lowest BCUT2D eigenvalue weighted by Crippen LogP contribution is -2.49. The highest BCUT2D eigenvalue weighted by Crippen LogP contribution is 2.19. The van der Waals surface area contributed by atoms with E-state index in [0.29, 0.717) is 6.04 Å². The molecule has 0 aromatic rings. The summed E-state index contributed by atoms with van der Waals surface area (Å²) in [5.41, 5.74) is 0. The second-order valence-corrected chi connectivity index (χ2v) is 4.68. The van der Waals surface area contributed by atoms with Gasteiger partial charge in [-0.05, 0) is 25.7 Å². The van der Waals surface area contributed by atoms with Crippen LogP contribution in [-0.4, -0.2) is 41.1 Å². The summed E-state index contributed by atoms with van der Waals surface area (Å²) in [6.45, 7) is 4.65. The molecule has 2 amide bonds. The molecule has 17 heavy (non-hydrogen) atoms. The molecule has 1 saturated heterocycles. The highest BCUT2D eigenvalue weighted by Gasteiger charge is 2.25. The molecule has 5 heteroatoms. The minimum Gasteiger partial charge on any atom is -0.481 e. The van der Waals surface area contributed by atoms with E-state index in [1.165, 1.54) is 6.42 Å². The number of hydrogen-bond donors (Lipinski definition) is 2. The molecule has 0 aromatic heterocycles. The number of urea groups is 1. The Hall–Kier alpha value is -1.26. The summed E-state index contributed by atoms with van der Waals surface area (Å²) in [7, 11) is 0. The summed E-state index contributed by atoms with van der Waals surface area (Å²) >= 11 is 0. The van der Waals surface area contributed by atoms with Crippen molar-refractivity contribution in [2.24, 2.45) is 5.92 Å². The van der Waals surface area contributed by atoms with E-state index in [-0.39, 0.29) is 12.6 Å². The van der Waals surface area contributed by atoms with Crippen molar-refractivity contribution in [2.75, 3.05) is 13.1 Å². The van der Waals surface area contributed by atoms with Gasteiger partial charge in [-0.3, -0.25) is 4.79 Å². The van der Waals surface area contributed by atoms with Crippen LogP contribution in [-0.2, 0) is 4.79 Å². The molecule has 1 aliphatic heterocycles. The number of carboxylic acid groups (broad SMARTS) is 1. The van der Waals surface area contributed by atoms with Crippen molar-refractivity contribution in [1.82, 2.24) is 10.2 Å². The summed E-state index contributed by atoms with van der Waals surface area (Å²) < 4.78 is 0. The number of nitrogens with zero attached hydrogens (tertiary/aromatic N) is 1. The Morgan fingerprint density at radius 1 is 1.47 bits per heavy atom. The van der Waals surface area contributed by atoms with Crippen LogP contribution in [0.3, 0.4) is 0 Å². The molecule has 0 aliphatic carbocycles. The van der Waals surface area contributed by atoms with Crippen LogP contribution >= 0.6 is 0 Å². The minimum atomic E-state index is -0.879. The van der Waals surface area contributed by atoms with E-state index >= 15 is 0 Å². The largest absolute Gasteiger partial charge is 0.481 e. The number of carbonyl (C=O) groups is 2. The highest BCUT2D eigenvalue weighted by atomic mass is 16.4. The first-order valence-electron chi connectivity index (χ1n) is 6.33. The van der Waals surface area contributed by atoms with E-state index in [9.17, 15) is 9.59 Å². The molecular weight excluding hydrogens is 220 g/mol. The first-order chi connectivity index (χ1) is 8.06. The van der Waals surface area contributed by atoms with Gasteiger partial charge >= 0.3 is 12.0 Å². The van der Waals surface area contributed by atoms with Gasteiger partial charge < -0.3 is 15.3 Å². The van der Waals surface area contributed by atoms with Crippen LogP contribution in [0.2, 0.25) is 0 Å². The van der Waals surface area contributed by atoms with E-state index in [4.69, 9.17) is 5.11 Å². The zero-order valence-electron chi connectivity index (χ0n) is 10.6. The Balaban J connectivity index is 2.42. The normalized spacial score (nSPS) is 22.0. The number of piperidine rings is 1. The zero-order valence-corrected chi connectivity index (χ0v) is 10.6. The quantitative estimate of drug-likeness (QED) is 0.788. The summed E-state index contributed by atoms with van der Waals surface area (Å²) in [5, 5.41) is 11.4. The molecule has 2 N–H and O–H groups in total. The fourth-order valence-electron chi connectivity index (χ4n) is 2.12. The smallest absolute Gasteiger partial charge is 0.317 e. The molecule has 0 aromatic carbocycles. The maximum Gasteiger partial charge on any atom is 0.317 e. The molecule has 0 saturated carbocycles. The Kier molecular flexibility index (Phi) is 5.25. The Morgan fingerprint density at radius 3 is 2.76 bits per heavy atom. The molecule has 0 bridgehead atoms. The number of nitrogens with one attached hydrogen (secondary N) is 1. The topological polar surface area (TPSA) is 69.6 Å². The van der Waals surface area contributed by atoms with E-state index in [2.05, 4.69) is 12.2 Å². The predicted molar refractivity (Wildman–Crippen MR) is 64.8 cm³/mol. The number of hydrogen-bond acceptors (Lipinski definition) is 2. The van der Waals surface area contributed by atoms with Crippen LogP contribution in [0.15, 0.2) is 0 Å². The van der Waals surface area contributed by atoms with E-state index in [1.807, 2.05) is 4.90 Å². The van der Waals surface area contributed by atoms with Crippen molar-refractivity contribution in [1.29, 1.82) is 0 Å². The summed E-state index contributed by atoms with van der Waals surface area (Å²) in [4.78, 5) is 24.4. The lowest BCUT2D eigenvalue weighted by Gasteiger charge is -2.35. The zero-order chi connectivity index (χ0) is 12.8. The Labute approximate surface area is 102 Å². The van der Waals surface area contributed by atoms with Crippen molar-refractivity contribution in [3.05, 3.63) is 0 Å². The molecule has 1 heterocycles. The molecule has 1 rings (SSSR count). The average molecular weight is 242 g/mol. The van der Waals surface area contributed by atoms with Gasteiger partial charge in [-0.2, -0.15) is 0 Å². The van der Waals surface area contributed by atoms with Crippen molar-refractivity contribution in [2.45, 2.75) is 45.6 Å². The molecule has 0 radical (unpaired) electrons. The van der Waals surface area contributed by atoms with Gasteiger partial charge in [-0.25, -0.2) is 4.79 Å². The summed E-state index contributed by atoms with van der Waals surface area (Å²) in [5.74, 6) is -1.42. The van der Waals surface area contributed by atoms with Gasteiger partial charge in [0.2, 0.25) is 0 Å². The highest BCUT2D eigenvalue weighted by molar-refractivity contribution is 5.76. The average Bonchev–Trinajstić information content (AvgIpc) is 2.35. The Bertz CT molecular complexity index is 281. The lowest BCUT2D eigenvalue weighted by molar-refractivity contribution is -0.140. The van der Waals surface area contributed by atoms with Gasteiger partial charge in [-0.15, -0.1) is 0 Å². The molecule has 1 aliphatic rings. The van der Waals surface area contributed by atoms with Gasteiger partial charge in [0.1, 0.15) is 0 Å². The number of carboxylic acids is 1. The van der Waals surface area contributed by atoms with Crippen molar-refractivity contribution >= 4 is 12.0 Å². The van der Waals surface area contributed by atoms with Gasteiger partial charge in [0.05, 0.1) is 5.92 Å². The molecule has 1 fully saturated rings. The maximum atomic E-state index is 11.9. The molecular formula is C12H22N2O3. The van der Waals surface area contributed by atoms with Gasteiger partial charge in [0.25, 0.3) is 0 Å². The fourth-order valence-corrected chi connectivity index (χ4v) is 2.12. The van der Waals surface area contributed by atoms with Crippen LogP contribution < -0.4 is 5.32 Å². The SMILES string of the molecule is CCC1CCCCN1C(=O)NCC(C)C(=O)O. The third kappa shape index (κ3) is 3.91. The summed E-state index contributed by atoms with van der Waals surface area (Å²) in [6.07, 6.45) is 4.23. The van der Waals surface area contributed by atoms with Crippen molar-refractivity contribution in [3.63, 3.8) is 0 Å². The lowest BCUT2D eigenvalue weighted by atomic mass is 10.0. The Morgan fingerprint density at radius 2 is 2.18 bits per heavy atom. The number of amides is 2. The van der Waals surface area contributed by atoms with Crippen LogP contribution in [0, 0.1) is 5.92 Å². The van der Waals surface area contributed by atoms with Crippen LogP contribution in [0.4, 0.5) is 4.79 Å². The molecule has 2 atom stereocenters. The van der Waals surface area contributed by atoms with E-state index < -0.39 is 11.9 Å². The number of aliphatic carboxylic acids is 1. The van der Waals surface area contributed by atoms with Gasteiger partial charge in [0.15, 0.2) is 0 Å². The van der Waals surface area contributed by atoms with Crippen LogP contribution in [0.25, 0.3) is 0 Å². The first-order valence-corrected chi connectivity index (χ1v) is 6.33. The monoisotopic (exact) mass is 242 g/mol. The van der Waals surface area contributed by atoms with E-state index in [1.54, 1.807) is 6.92 Å². The maximum absolute atomic E-state index is 11.9. The predicted octanol–water partition coefficient (Wildman–Crippen LogP) is 1.68. The first kappa shape index (κ1) is 13.8. The van der Waals surface area contributed by atoms with Crippen molar-refractivity contribution < 1.29 is 14.7 Å². The minimum absolute atomic E-state index is 0.121. The van der Waals surface area contributed by atoms with Gasteiger partial charge in [-0.1, -0.05) is 13.8 Å². The van der Waals surface area contributed by atoms with Crippen LogP contribution in [0.5, 0.6) is 0 Å². The summed E-state index contributed by atoms with van der Waals surface area (Å²) in [6, 6.07) is 0.188. The third-order valence-corrected chi connectivity index (χ3v) is 3.34. The van der Waals surface area contributed by atoms with E-state index in [0.717, 1.165) is 25.8 Å². The van der Waals surface area contributed by atoms with Crippen LogP contribution in [0.1, 0.15) is 39.5 Å². The number of likely N-dealkylation sites (tertiary alicyclic amines) is 1. The second-order valence-electron chi connectivity index (χ2n) is 4.68. The van der Waals surface area contributed by atoms with Gasteiger partial charge in [0, 0.05) is 19.1 Å². The second kappa shape index (κ2) is 6.47. The standard InChI is InChI=1S/C12H22N2O3/c1-3-10-6-4-5-7-14(10)12(17)13-8-9(2)11(15)16/h9-10H,3-8H2,1-2H3,(H,13,17)(H,15,16). The number of carbonyl (C=O) groups excluding carboxylic acids is 1. The van der Waals surface area contributed by atoms with Crippen molar-refractivity contribution in [3.8, 4) is 0 Å². The molecule has 5 nitrogen and oxygen atoms in total. The molecule has 98 valence electrons. The molecule has 2 unspecified atom stereocenters. The number of rotatable bonds is 4.